The van der Waals surface area contributed by atoms with Gasteiger partial charge in [-0.3, -0.25) is 10.1 Å². The molecule has 0 aliphatic carbocycles. The van der Waals surface area contributed by atoms with Gasteiger partial charge < -0.3 is 18.6 Å². The number of ether oxygens (including phenoxy) is 3. The lowest BCUT2D eigenvalue weighted by molar-refractivity contribution is -0.119. The van der Waals surface area contributed by atoms with Crippen LogP contribution < -0.4 is 19.5 Å². The molecule has 2 aromatic carbocycles. The predicted molar refractivity (Wildman–Crippen MR) is 121 cm³/mol. The minimum absolute atomic E-state index is 0.0834. The van der Waals surface area contributed by atoms with E-state index in [0.29, 0.717) is 35.7 Å². The minimum atomic E-state index is -3.88. The molecule has 1 unspecified atom stereocenters. The Morgan fingerprint density at radius 1 is 1.00 bits per heavy atom. The van der Waals surface area contributed by atoms with Crippen molar-refractivity contribution in [2.75, 3.05) is 33.2 Å². The first-order chi connectivity index (χ1) is 16.3. The Labute approximate surface area is 196 Å². The number of methoxy groups -OCH3 is 3. The molecule has 1 saturated heterocycles. The van der Waals surface area contributed by atoms with Crippen LogP contribution in [0.5, 0.6) is 17.2 Å². The zero-order chi connectivity index (χ0) is 24.3. The van der Waals surface area contributed by atoms with Gasteiger partial charge in [-0.15, -0.1) is 5.10 Å². The first-order valence-corrected chi connectivity index (χ1v) is 11.8. The molecular formula is C22H24N4O7S. The van der Waals surface area contributed by atoms with Gasteiger partial charge in [0.05, 0.1) is 26.2 Å². The van der Waals surface area contributed by atoms with Crippen molar-refractivity contribution in [3.63, 3.8) is 0 Å². The third kappa shape index (κ3) is 4.68. The third-order valence-electron chi connectivity index (χ3n) is 5.43. The second-order valence-corrected chi connectivity index (χ2v) is 9.34. The summed E-state index contributed by atoms with van der Waals surface area (Å²) in [7, 11) is 0.656. The lowest BCUT2D eigenvalue weighted by Crippen LogP contribution is -2.43. The van der Waals surface area contributed by atoms with Gasteiger partial charge in [0.2, 0.25) is 21.8 Å². The van der Waals surface area contributed by atoms with Crippen LogP contribution in [0.1, 0.15) is 12.8 Å². The van der Waals surface area contributed by atoms with Crippen LogP contribution in [0.4, 0.5) is 6.01 Å². The Bertz CT molecular complexity index is 1250. The summed E-state index contributed by atoms with van der Waals surface area (Å²) in [6, 6.07) is 10.0. The second kappa shape index (κ2) is 9.69. The van der Waals surface area contributed by atoms with Crippen LogP contribution >= 0.6 is 0 Å². The summed E-state index contributed by atoms with van der Waals surface area (Å²) in [5.74, 6) is 1.19. The maximum Gasteiger partial charge on any atom is 0.322 e. The van der Waals surface area contributed by atoms with E-state index in [1.165, 1.54) is 37.8 Å². The van der Waals surface area contributed by atoms with Crippen molar-refractivity contribution in [3.8, 4) is 28.7 Å². The number of hydrogen-bond donors (Lipinski definition) is 1. The highest BCUT2D eigenvalue weighted by Gasteiger charge is 2.40. The third-order valence-corrected chi connectivity index (χ3v) is 7.35. The van der Waals surface area contributed by atoms with E-state index in [1.807, 2.05) is 0 Å². The molecular weight excluding hydrogens is 464 g/mol. The molecule has 12 heteroatoms. The Kier molecular flexibility index (Phi) is 6.70. The van der Waals surface area contributed by atoms with E-state index in [0.717, 1.165) is 0 Å². The number of nitrogens with zero attached hydrogens (tertiary/aromatic N) is 3. The van der Waals surface area contributed by atoms with E-state index < -0.39 is 22.0 Å². The number of sulfonamides is 1. The maximum atomic E-state index is 13.1. The number of nitrogens with one attached hydrogen (secondary N) is 1. The summed E-state index contributed by atoms with van der Waals surface area (Å²) in [6.45, 7) is 0.227. The van der Waals surface area contributed by atoms with Crippen molar-refractivity contribution < 1.29 is 31.8 Å². The molecule has 0 bridgehead atoms. The molecule has 180 valence electrons. The van der Waals surface area contributed by atoms with E-state index in [4.69, 9.17) is 18.6 Å². The fraction of sp³-hybridized carbons (Fsp3) is 0.318. The molecule has 1 fully saturated rings. The molecule has 0 radical (unpaired) electrons. The first-order valence-electron chi connectivity index (χ1n) is 10.4. The highest BCUT2D eigenvalue weighted by molar-refractivity contribution is 7.89. The smallest absolute Gasteiger partial charge is 0.322 e. The van der Waals surface area contributed by atoms with Crippen molar-refractivity contribution in [2.45, 2.75) is 23.8 Å². The lowest BCUT2D eigenvalue weighted by atomic mass is 10.2. The number of hydrogen-bond acceptors (Lipinski definition) is 9. The Balaban J connectivity index is 1.51. The molecule has 34 heavy (non-hydrogen) atoms. The number of carbonyl (C=O) groups is 1. The van der Waals surface area contributed by atoms with Crippen LogP contribution in [0, 0.1) is 0 Å². The van der Waals surface area contributed by atoms with Gasteiger partial charge in [-0.25, -0.2) is 8.42 Å². The molecule has 1 amide bonds. The number of benzene rings is 2. The molecule has 1 atom stereocenters. The number of aromatic nitrogens is 2. The van der Waals surface area contributed by atoms with Crippen molar-refractivity contribution >= 4 is 21.9 Å². The number of amides is 1. The van der Waals surface area contributed by atoms with Crippen molar-refractivity contribution in [1.29, 1.82) is 0 Å². The van der Waals surface area contributed by atoms with E-state index in [9.17, 15) is 13.2 Å². The SMILES string of the molecule is COc1ccc(S(=O)(=O)N2CCCC2C(=O)Nc2nnc(-c3cc(OC)cc(OC)c3)o2)cc1. The van der Waals surface area contributed by atoms with E-state index >= 15 is 0 Å². The van der Waals surface area contributed by atoms with E-state index in [2.05, 4.69) is 15.5 Å². The summed E-state index contributed by atoms with van der Waals surface area (Å²) in [6.07, 6.45) is 0.918. The Morgan fingerprint density at radius 3 is 2.26 bits per heavy atom. The molecule has 3 aromatic rings. The monoisotopic (exact) mass is 488 g/mol. The average Bonchev–Trinajstić information content (AvgIpc) is 3.54. The summed E-state index contributed by atoms with van der Waals surface area (Å²) < 4.78 is 48.6. The van der Waals surface area contributed by atoms with Crippen LogP contribution in [0.3, 0.4) is 0 Å². The van der Waals surface area contributed by atoms with Crippen LogP contribution in [0.15, 0.2) is 51.8 Å². The molecule has 2 heterocycles. The fourth-order valence-electron chi connectivity index (χ4n) is 3.68. The fourth-order valence-corrected chi connectivity index (χ4v) is 5.34. The predicted octanol–water partition coefficient (Wildman–Crippen LogP) is 2.55. The van der Waals surface area contributed by atoms with Crippen molar-refractivity contribution in [3.05, 3.63) is 42.5 Å². The zero-order valence-corrected chi connectivity index (χ0v) is 19.7. The van der Waals surface area contributed by atoms with Gasteiger partial charge in [0.25, 0.3) is 0 Å². The lowest BCUT2D eigenvalue weighted by Gasteiger charge is -2.22. The summed E-state index contributed by atoms with van der Waals surface area (Å²) in [5, 5.41) is 10.4. The average molecular weight is 489 g/mol. The quantitative estimate of drug-likeness (QED) is 0.508. The van der Waals surface area contributed by atoms with Crippen LogP contribution in [-0.4, -0.2) is 62.7 Å². The zero-order valence-electron chi connectivity index (χ0n) is 18.8. The van der Waals surface area contributed by atoms with Gasteiger partial charge in [0.15, 0.2) is 0 Å². The van der Waals surface area contributed by atoms with Crippen molar-refractivity contribution in [2.24, 2.45) is 0 Å². The van der Waals surface area contributed by atoms with E-state index in [1.54, 1.807) is 30.3 Å². The van der Waals surface area contributed by atoms with Crippen LogP contribution in [-0.2, 0) is 14.8 Å². The number of carbonyl (C=O) groups excluding carboxylic acids is 1. The van der Waals surface area contributed by atoms with Crippen LogP contribution in [0.25, 0.3) is 11.5 Å². The van der Waals surface area contributed by atoms with Crippen LogP contribution in [0.2, 0.25) is 0 Å². The summed E-state index contributed by atoms with van der Waals surface area (Å²) in [4.78, 5) is 13.0. The van der Waals surface area contributed by atoms with Gasteiger partial charge in [-0.05, 0) is 49.2 Å². The van der Waals surface area contributed by atoms with Crippen molar-refractivity contribution in [1.82, 2.24) is 14.5 Å². The van der Waals surface area contributed by atoms with E-state index in [-0.39, 0.29) is 23.3 Å². The summed E-state index contributed by atoms with van der Waals surface area (Å²) >= 11 is 0. The summed E-state index contributed by atoms with van der Waals surface area (Å²) in [5.41, 5.74) is 0.536. The highest BCUT2D eigenvalue weighted by Crippen LogP contribution is 2.31. The number of rotatable bonds is 8. The van der Waals surface area contributed by atoms with Gasteiger partial charge in [0, 0.05) is 18.2 Å². The first kappa shape index (κ1) is 23.5. The molecule has 1 aliphatic heterocycles. The highest BCUT2D eigenvalue weighted by atomic mass is 32.2. The standard InChI is InChI=1S/C22H24N4O7S/c1-30-15-6-8-18(9-7-15)34(28,29)26-10-4-5-19(26)20(27)23-22-25-24-21(33-22)14-11-16(31-2)13-17(12-14)32-3/h6-9,11-13,19H,4-5,10H2,1-3H3,(H,23,25,27). The molecule has 4 rings (SSSR count). The van der Waals surface area contributed by atoms with Gasteiger partial charge in [-0.1, -0.05) is 5.10 Å². The Morgan fingerprint density at radius 2 is 1.65 bits per heavy atom. The van der Waals surface area contributed by atoms with Gasteiger partial charge >= 0.3 is 6.01 Å². The Hall–Kier alpha value is -3.64. The van der Waals surface area contributed by atoms with Gasteiger partial charge in [-0.2, -0.15) is 4.31 Å². The topological polar surface area (TPSA) is 133 Å². The largest absolute Gasteiger partial charge is 0.497 e. The molecule has 0 spiro atoms. The number of anilines is 1. The maximum absolute atomic E-state index is 13.1. The molecule has 0 saturated carbocycles. The minimum Gasteiger partial charge on any atom is -0.497 e. The second-order valence-electron chi connectivity index (χ2n) is 7.45. The molecule has 1 aliphatic rings. The molecule has 11 nitrogen and oxygen atoms in total. The molecule has 1 N–H and O–H groups in total. The normalized spacial score (nSPS) is 16.3. The van der Waals surface area contributed by atoms with Gasteiger partial charge in [0.1, 0.15) is 23.3 Å². The molecule has 1 aromatic heterocycles.